The summed E-state index contributed by atoms with van der Waals surface area (Å²) in [5.41, 5.74) is 1.64. The van der Waals surface area contributed by atoms with Crippen LogP contribution in [0.4, 0.5) is 5.69 Å². The molecule has 7 heteroatoms. The van der Waals surface area contributed by atoms with Gasteiger partial charge in [0.15, 0.2) is 5.78 Å². The zero-order chi connectivity index (χ0) is 24.8. The number of thiophene rings is 1. The van der Waals surface area contributed by atoms with Crippen LogP contribution in [-0.4, -0.2) is 30.7 Å². The van der Waals surface area contributed by atoms with Crippen molar-refractivity contribution in [2.45, 2.75) is 51.1 Å². The van der Waals surface area contributed by atoms with E-state index in [2.05, 4.69) is 5.32 Å². The van der Waals surface area contributed by atoms with Gasteiger partial charge < -0.3 is 10.1 Å². The quantitative estimate of drug-likeness (QED) is 0.411. The summed E-state index contributed by atoms with van der Waals surface area (Å²) in [6, 6.07) is 17.2. The third-order valence-electron chi connectivity index (χ3n) is 6.32. The molecule has 4 rings (SSSR count). The number of carbonyl (C=O) groups is 3. The monoisotopic (exact) mass is 490 g/mol. The number of amides is 2. The molecule has 2 aromatic carbocycles. The molecule has 1 aliphatic rings. The first-order chi connectivity index (χ1) is 17.0. The van der Waals surface area contributed by atoms with Gasteiger partial charge in [0, 0.05) is 22.2 Å². The maximum atomic E-state index is 13.8. The minimum atomic E-state index is -0.916. The number of hydrogen-bond acceptors (Lipinski definition) is 5. The molecular formula is C28H30N2O4S. The van der Waals surface area contributed by atoms with Crippen LogP contribution in [0.5, 0.6) is 5.75 Å². The molecule has 1 fully saturated rings. The number of ether oxygens (including phenoxy) is 1. The molecule has 0 radical (unpaired) electrons. The number of ketones is 1. The van der Waals surface area contributed by atoms with Gasteiger partial charge in [-0.05, 0) is 61.0 Å². The molecule has 1 aliphatic carbocycles. The second kappa shape index (κ2) is 11.3. The average molecular weight is 491 g/mol. The van der Waals surface area contributed by atoms with Gasteiger partial charge in [-0.25, -0.2) is 0 Å². The summed E-state index contributed by atoms with van der Waals surface area (Å²) in [6.07, 6.45) is 4.17. The predicted molar refractivity (Wildman–Crippen MR) is 138 cm³/mol. The lowest BCUT2D eigenvalue weighted by atomic mass is 10.0. The van der Waals surface area contributed by atoms with Gasteiger partial charge in [0.05, 0.1) is 13.5 Å². The highest BCUT2D eigenvalue weighted by molar-refractivity contribution is 7.10. The fourth-order valence-electron chi connectivity index (χ4n) is 4.54. The lowest BCUT2D eigenvalue weighted by Gasteiger charge is -2.32. The molecule has 3 aromatic rings. The van der Waals surface area contributed by atoms with Gasteiger partial charge in [0.1, 0.15) is 11.8 Å². The Morgan fingerprint density at radius 1 is 1.06 bits per heavy atom. The molecular weight excluding hydrogens is 460 g/mol. The highest BCUT2D eigenvalue weighted by atomic mass is 32.1. The summed E-state index contributed by atoms with van der Waals surface area (Å²) in [6.45, 7) is 1.49. The van der Waals surface area contributed by atoms with Gasteiger partial charge >= 0.3 is 0 Å². The molecule has 1 atom stereocenters. The lowest BCUT2D eigenvalue weighted by molar-refractivity contribution is -0.127. The van der Waals surface area contributed by atoms with Gasteiger partial charge in [-0.2, -0.15) is 0 Å². The van der Waals surface area contributed by atoms with Crippen molar-refractivity contribution in [2.24, 2.45) is 0 Å². The number of nitrogens with zero attached hydrogens (tertiary/aromatic N) is 1. The Morgan fingerprint density at radius 2 is 1.83 bits per heavy atom. The number of anilines is 1. The SMILES string of the molecule is COc1cccc([C@@H](C(=O)NC2CCCC2)N(C(=O)Cc2cccs2)c2cccc(C(C)=O)c2)c1. The summed E-state index contributed by atoms with van der Waals surface area (Å²) in [4.78, 5) is 42.2. The van der Waals surface area contributed by atoms with Crippen molar-refractivity contribution in [2.75, 3.05) is 12.0 Å². The largest absolute Gasteiger partial charge is 0.497 e. The first kappa shape index (κ1) is 24.7. The molecule has 0 unspecified atom stereocenters. The molecule has 1 N–H and O–H groups in total. The number of carbonyl (C=O) groups excluding carboxylic acids is 3. The lowest BCUT2D eigenvalue weighted by Crippen LogP contribution is -2.46. The molecule has 2 amide bonds. The summed E-state index contributed by atoms with van der Waals surface area (Å²) >= 11 is 1.50. The first-order valence-electron chi connectivity index (χ1n) is 11.9. The number of Topliss-reactive ketones (excluding diaryl/α,β-unsaturated/α-hetero) is 1. The number of nitrogens with one attached hydrogen (secondary N) is 1. The second-order valence-corrected chi connectivity index (χ2v) is 9.83. The highest BCUT2D eigenvalue weighted by Crippen LogP contribution is 2.32. The van der Waals surface area contributed by atoms with Crippen LogP contribution < -0.4 is 15.0 Å². The molecule has 1 saturated carbocycles. The first-order valence-corrected chi connectivity index (χ1v) is 12.7. The Balaban J connectivity index is 1.81. The Hall–Kier alpha value is -3.45. The van der Waals surface area contributed by atoms with Crippen molar-refractivity contribution < 1.29 is 19.1 Å². The fraction of sp³-hybridized carbons (Fsp3) is 0.321. The minimum Gasteiger partial charge on any atom is -0.497 e. The van der Waals surface area contributed by atoms with Crippen LogP contribution in [0.3, 0.4) is 0 Å². The van der Waals surface area contributed by atoms with E-state index in [9.17, 15) is 14.4 Å². The minimum absolute atomic E-state index is 0.0911. The van der Waals surface area contributed by atoms with E-state index in [-0.39, 0.29) is 30.1 Å². The number of hydrogen-bond donors (Lipinski definition) is 1. The standard InChI is InChI=1S/C28H30N2O4S/c1-19(31)20-8-5-12-23(16-20)30(26(32)18-25-14-7-15-35-25)27(21-9-6-13-24(17-21)34-2)28(33)29-22-10-3-4-11-22/h5-9,12-17,22,27H,3-4,10-11,18H2,1-2H3,(H,29,33)/t27-/m0/s1. The van der Waals surface area contributed by atoms with Crippen molar-refractivity contribution in [3.05, 3.63) is 82.0 Å². The molecule has 1 aromatic heterocycles. The molecule has 1 heterocycles. The summed E-state index contributed by atoms with van der Waals surface area (Å²) in [5.74, 6) is 0.0376. The van der Waals surface area contributed by atoms with Crippen LogP contribution in [0.1, 0.15) is 59.4 Å². The van der Waals surface area contributed by atoms with E-state index in [1.165, 1.54) is 23.2 Å². The van der Waals surface area contributed by atoms with Crippen LogP contribution in [0, 0.1) is 0 Å². The van der Waals surface area contributed by atoms with E-state index in [0.717, 1.165) is 30.6 Å². The Labute approximate surface area is 209 Å². The zero-order valence-corrected chi connectivity index (χ0v) is 20.8. The molecule has 0 spiro atoms. The fourth-order valence-corrected chi connectivity index (χ4v) is 5.23. The van der Waals surface area contributed by atoms with E-state index in [1.807, 2.05) is 35.7 Å². The van der Waals surface area contributed by atoms with Crippen LogP contribution in [-0.2, 0) is 16.0 Å². The maximum Gasteiger partial charge on any atom is 0.248 e. The van der Waals surface area contributed by atoms with Crippen LogP contribution >= 0.6 is 11.3 Å². The topological polar surface area (TPSA) is 75.7 Å². The molecule has 182 valence electrons. The predicted octanol–water partition coefficient (Wildman–Crippen LogP) is 5.34. The van der Waals surface area contributed by atoms with Crippen molar-refractivity contribution in [1.82, 2.24) is 5.32 Å². The Bertz CT molecular complexity index is 1190. The molecule has 0 bridgehead atoms. The normalized spacial score (nSPS) is 14.3. The van der Waals surface area contributed by atoms with Gasteiger partial charge in [0.25, 0.3) is 0 Å². The molecule has 0 aliphatic heterocycles. The Morgan fingerprint density at radius 3 is 2.51 bits per heavy atom. The number of benzene rings is 2. The van der Waals surface area contributed by atoms with Gasteiger partial charge in [-0.3, -0.25) is 19.3 Å². The van der Waals surface area contributed by atoms with E-state index in [1.54, 1.807) is 37.4 Å². The third-order valence-corrected chi connectivity index (χ3v) is 7.20. The smallest absolute Gasteiger partial charge is 0.248 e. The van der Waals surface area contributed by atoms with Gasteiger partial charge in [-0.15, -0.1) is 11.3 Å². The molecule has 0 saturated heterocycles. The summed E-state index contributed by atoms with van der Waals surface area (Å²) in [5, 5.41) is 5.10. The molecule has 35 heavy (non-hydrogen) atoms. The second-order valence-electron chi connectivity index (χ2n) is 8.80. The average Bonchev–Trinajstić information content (AvgIpc) is 3.57. The van der Waals surface area contributed by atoms with Gasteiger partial charge in [0.2, 0.25) is 11.8 Å². The van der Waals surface area contributed by atoms with Crippen molar-refractivity contribution >= 4 is 34.6 Å². The number of rotatable bonds is 9. The zero-order valence-electron chi connectivity index (χ0n) is 20.0. The van der Waals surface area contributed by atoms with E-state index >= 15 is 0 Å². The Kier molecular flexibility index (Phi) is 7.98. The number of methoxy groups -OCH3 is 1. The van der Waals surface area contributed by atoms with Crippen molar-refractivity contribution in [3.8, 4) is 5.75 Å². The van der Waals surface area contributed by atoms with Crippen LogP contribution in [0.2, 0.25) is 0 Å². The highest BCUT2D eigenvalue weighted by Gasteiger charge is 2.34. The van der Waals surface area contributed by atoms with E-state index in [4.69, 9.17) is 4.74 Å². The van der Waals surface area contributed by atoms with Gasteiger partial charge in [-0.1, -0.05) is 43.2 Å². The molecule has 6 nitrogen and oxygen atoms in total. The van der Waals surface area contributed by atoms with E-state index in [0.29, 0.717) is 22.6 Å². The summed E-state index contributed by atoms with van der Waals surface area (Å²) in [7, 11) is 1.57. The van der Waals surface area contributed by atoms with E-state index < -0.39 is 6.04 Å². The summed E-state index contributed by atoms with van der Waals surface area (Å²) < 4.78 is 5.42. The maximum absolute atomic E-state index is 13.8. The van der Waals surface area contributed by atoms with Crippen molar-refractivity contribution in [1.29, 1.82) is 0 Å². The van der Waals surface area contributed by atoms with Crippen LogP contribution in [0.15, 0.2) is 66.0 Å². The van der Waals surface area contributed by atoms with Crippen LogP contribution in [0.25, 0.3) is 0 Å². The van der Waals surface area contributed by atoms with Crippen molar-refractivity contribution in [3.63, 3.8) is 0 Å². The third kappa shape index (κ3) is 5.98.